The van der Waals surface area contributed by atoms with Crippen LogP contribution in [0.5, 0.6) is 0 Å². The Morgan fingerprint density at radius 3 is 2.75 bits per heavy atom. The molecule has 3 aromatic rings. The minimum absolute atomic E-state index is 0.620. The van der Waals surface area contributed by atoms with E-state index in [1.54, 1.807) is 12.4 Å². The third-order valence-electron chi connectivity index (χ3n) is 3.14. The first-order chi connectivity index (χ1) is 9.83. The largest absolute Gasteiger partial charge is 0.324 e. The summed E-state index contributed by atoms with van der Waals surface area (Å²) in [5, 5.41) is 8.99. The molecule has 0 bridgehead atoms. The van der Waals surface area contributed by atoms with Crippen LogP contribution in [0.3, 0.4) is 0 Å². The van der Waals surface area contributed by atoms with Gasteiger partial charge in [0.2, 0.25) is 0 Å². The van der Waals surface area contributed by atoms with Gasteiger partial charge in [-0.25, -0.2) is 15.0 Å². The molecule has 0 amide bonds. The zero-order valence-corrected chi connectivity index (χ0v) is 11.1. The quantitative estimate of drug-likeness (QED) is 0.728. The lowest BCUT2D eigenvalue weighted by Gasteiger charge is -2.06. The van der Waals surface area contributed by atoms with Gasteiger partial charge in [-0.3, -0.25) is 0 Å². The van der Waals surface area contributed by atoms with Crippen molar-refractivity contribution in [2.75, 3.05) is 0 Å². The Labute approximate surface area is 116 Å². The van der Waals surface area contributed by atoms with E-state index in [9.17, 15) is 0 Å². The topological polar surface area (TPSA) is 67.4 Å². The van der Waals surface area contributed by atoms with Crippen molar-refractivity contribution in [1.82, 2.24) is 19.5 Å². The van der Waals surface area contributed by atoms with Gasteiger partial charge in [-0.05, 0) is 24.6 Å². The van der Waals surface area contributed by atoms with Crippen molar-refractivity contribution in [3.63, 3.8) is 0 Å². The van der Waals surface area contributed by atoms with Gasteiger partial charge in [-0.15, -0.1) is 0 Å². The molecule has 0 fully saturated rings. The molecular formula is C15H13N5. The van der Waals surface area contributed by atoms with E-state index in [1.165, 1.54) is 6.33 Å². The highest BCUT2D eigenvalue weighted by molar-refractivity contribution is 5.81. The summed E-state index contributed by atoms with van der Waals surface area (Å²) in [4.78, 5) is 12.7. The van der Waals surface area contributed by atoms with Crippen molar-refractivity contribution in [2.45, 2.75) is 19.9 Å². The van der Waals surface area contributed by atoms with Gasteiger partial charge < -0.3 is 4.57 Å². The Kier molecular flexibility index (Phi) is 3.13. The minimum atomic E-state index is 0.620. The van der Waals surface area contributed by atoms with Crippen LogP contribution in [0.25, 0.3) is 22.4 Å². The fraction of sp³-hybridized carbons (Fsp3) is 0.200. The molecule has 0 saturated carbocycles. The number of hydrogen-bond donors (Lipinski definition) is 0. The van der Waals surface area contributed by atoms with Gasteiger partial charge in [0.1, 0.15) is 12.2 Å². The molecule has 0 N–H and O–H groups in total. The second-order valence-electron chi connectivity index (χ2n) is 4.53. The number of imidazole rings is 1. The van der Waals surface area contributed by atoms with Gasteiger partial charge in [0.15, 0.2) is 0 Å². The fourth-order valence-corrected chi connectivity index (χ4v) is 2.28. The van der Waals surface area contributed by atoms with Crippen LogP contribution in [-0.2, 0) is 6.54 Å². The predicted octanol–water partition coefficient (Wildman–Crippen LogP) is 2.77. The molecule has 0 spiro atoms. The van der Waals surface area contributed by atoms with Crippen molar-refractivity contribution in [3.05, 3.63) is 42.5 Å². The van der Waals surface area contributed by atoms with E-state index in [2.05, 4.69) is 32.5 Å². The first kappa shape index (κ1) is 12.3. The summed E-state index contributed by atoms with van der Waals surface area (Å²) < 4.78 is 2.15. The Hall–Kier alpha value is -2.74. The molecule has 1 aromatic carbocycles. The summed E-state index contributed by atoms with van der Waals surface area (Å²) >= 11 is 0. The lowest BCUT2D eigenvalue weighted by atomic mass is 10.2. The first-order valence-electron chi connectivity index (χ1n) is 6.49. The molecule has 98 valence electrons. The highest BCUT2D eigenvalue weighted by Gasteiger charge is 2.12. The van der Waals surface area contributed by atoms with Crippen molar-refractivity contribution >= 4 is 11.0 Å². The zero-order chi connectivity index (χ0) is 13.9. The van der Waals surface area contributed by atoms with Gasteiger partial charge in [0.25, 0.3) is 0 Å². The summed E-state index contributed by atoms with van der Waals surface area (Å²) in [6, 6.07) is 7.73. The van der Waals surface area contributed by atoms with Crippen LogP contribution in [-0.4, -0.2) is 19.5 Å². The molecule has 0 aliphatic carbocycles. The Bertz CT molecular complexity index is 783. The Morgan fingerprint density at radius 2 is 2.05 bits per heavy atom. The second-order valence-corrected chi connectivity index (χ2v) is 4.53. The van der Waals surface area contributed by atoms with Crippen LogP contribution < -0.4 is 0 Å². The van der Waals surface area contributed by atoms with E-state index in [-0.39, 0.29) is 0 Å². The van der Waals surface area contributed by atoms with Crippen molar-refractivity contribution in [2.24, 2.45) is 0 Å². The molecule has 2 heterocycles. The van der Waals surface area contributed by atoms with Crippen LogP contribution in [0.4, 0.5) is 0 Å². The first-order valence-corrected chi connectivity index (χ1v) is 6.49. The average Bonchev–Trinajstić information content (AvgIpc) is 2.86. The van der Waals surface area contributed by atoms with E-state index in [0.717, 1.165) is 35.4 Å². The molecule has 0 aliphatic rings. The van der Waals surface area contributed by atoms with Gasteiger partial charge in [0.05, 0.1) is 28.2 Å². The molecule has 0 aliphatic heterocycles. The lowest BCUT2D eigenvalue weighted by molar-refractivity contribution is 0.703. The molecule has 5 nitrogen and oxygen atoms in total. The summed E-state index contributed by atoms with van der Waals surface area (Å²) in [6.07, 6.45) is 6.02. The van der Waals surface area contributed by atoms with Gasteiger partial charge >= 0.3 is 0 Å². The summed E-state index contributed by atoms with van der Waals surface area (Å²) in [5.74, 6) is 0.845. The predicted molar refractivity (Wildman–Crippen MR) is 75.8 cm³/mol. The maximum atomic E-state index is 8.99. The molecular weight excluding hydrogens is 250 g/mol. The highest BCUT2D eigenvalue weighted by Crippen LogP contribution is 2.24. The van der Waals surface area contributed by atoms with Crippen LogP contribution >= 0.6 is 0 Å². The summed E-state index contributed by atoms with van der Waals surface area (Å²) in [7, 11) is 0. The Morgan fingerprint density at radius 1 is 1.25 bits per heavy atom. The summed E-state index contributed by atoms with van der Waals surface area (Å²) in [6.45, 7) is 2.99. The normalized spacial score (nSPS) is 10.6. The number of fused-ring (bicyclic) bond motifs is 1. The SMILES string of the molecule is CCCn1c(-c2cncnc2)nc2cc(C#N)ccc21. The number of rotatable bonds is 3. The van der Waals surface area contributed by atoms with E-state index in [4.69, 9.17) is 5.26 Å². The number of nitriles is 1. The number of benzene rings is 1. The second kappa shape index (κ2) is 5.10. The van der Waals surface area contributed by atoms with Crippen molar-refractivity contribution < 1.29 is 0 Å². The van der Waals surface area contributed by atoms with Crippen LogP contribution in [0, 0.1) is 11.3 Å². The average molecular weight is 263 g/mol. The van der Waals surface area contributed by atoms with Gasteiger partial charge in [0, 0.05) is 18.9 Å². The van der Waals surface area contributed by atoms with E-state index < -0.39 is 0 Å². The lowest BCUT2D eigenvalue weighted by Crippen LogP contribution is -2.00. The number of aromatic nitrogens is 4. The van der Waals surface area contributed by atoms with E-state index in [1.807, 2.05) is 18.2 Å². The smallest absolute Gasteiger partial charge is 0.144 e. The Balaban J connectivity index is 2.26. The fourth-order valence-electron chi connectivity index (χ4n) is 2.28. The highest BCUT2D eigenvalue weighted by atomic mass is 15.1. The van der Waals surface area contributed by atoms with Gasteiger partial charge in [-0.1, -0.05) is 6.92 Å². The van der Waals surface area contributed by atoms with Crippen LogP contribution in [0.15, 0.2) is 36.9 Å². The van der Waals surface area contributed by atoms with Crippen molar-refractivity contribution in [3.8, 4) is 17.5 Å². The molecule has 5 heteroatoms. The summed E-state index contributed by atoms with van der Waals surface area (Å²) in [5.41, 5.74) is 3.37. The molecule has 0 atom stereocenters. The molecule has 0 saturated heterocycles. The number of hydrogen-bond acceptors (Lipinski definition) is 4. The molecule has 0 unspecified atom stereocenters. The minimum Gasteiger partial charge on any atom is -0.324 e. The third kappa shape index (κ3) is 2.01. The molecule has 3 rings (SSSR count). The van der Waals surface area contributed by atoms with Gasteiger partial charge in [-0.2, -0.15) is 5.26 Å². The zero-order valence-electron chi connectivity index (χ0n) is 11.1. The number of aryl methyl sites for hydroxylation is 1. The maximum Gasteiger partial charge on any atom is 0.144 e. The van der Waals surface area contributed by atoms with E-state index >= 15 is 0 Å². The molecule has 0 radical (unpaired) electrons. The van der Waals surface area contributed by atoms with Crippen LogP contribution in [0.1, 0.15) is 18.9 Å². The standard InChI is InChI=1S/C15H13N5/c1-2-5-20-14-4-3-11(7-16)6-13(14)19-15(20)12-8-17-10-18-9-12/h3-4,6,8-10H,2,5H2,1H3. The third-order valence-corrected chi connectivity index (χ3v) is 3.14. The molecule has 2 aromatic heterocycles. The van der Waals surface area contributed by atoms with Crippen molar-refractivity contribution in [1.29, 1.82) is 5.26 Å². The van der Waals surface area contributed by atoms with Crippen LogP contribution in [0.2, 0.25) is 0 Å². The monoisotopic (exact) mass is 263 g/mol. The maximum absolute atomic E-state index is 8.99. The van der Waals surface area contributed by atoms with E-state index in [0.29, 0.717) is 5.56 Å². The number of nitrogens with zero attached hydrogens (tertiary/aromatic N) is 5. The molecule has 20 heavy (non-hydrogen) atoms.